The summed E-state index contributed by atoms with van der Waals surface area (Å²) < 4.78 is 12.7. The van der Waals surface area contributed by atoms with Gasteiger partial charge in [0.05, 0.1) is 24.8 Å². The molecule has 1 atom stereocenters. The Labute approximate surface area is 294 Å². The number of ether oxygens (including phenoxy) is 2. The molecule has 0 aliphatic carbocycles. The summed E-state index contributed by atoms with van der Waals surface area (Å²) in [5.41, 5.74) is 2.49. The average molecular weight is 692 g/mol. The van der Waals surface area contributed by atoms with Gasteiger partial charge in [-0.05, 0) is 64.9 Å². The van der Waals surface area contributed by atoms with E-state index in [1.54, 1.807) is 24.3 Å². The van der Waals surface area contributed by atoms with Crippen molar-refractivity contribution in [3.05, 3.63) is 125 Å². The van der Waals surface area contributed by atoms with Crippen molar-refractivity contribution in [2.24, 2.45) is 5.92 Å². The maximum Gasteiger partial charge on any atom is 0.296 e. The van der Waals surface area contributed by atoms with Crippen LogP contribution in [-0.4, -0.2) is 40.2 Å². The number of allylic oxidation sites excluding steroid dienone is 1. The summed E-state index contributed by atoms with van der Waals surface area (Å²) in [4.78, 5) is 29.0. The van der Waals surface area contributed by atoms with E-state index in [0.717, 1.165) is 22.9 Å². The highest BCUT2D eigenvalue weighted by atomic mass is 32.2. The fourth-order valence-corrected chi connectivity index (χ4v) is 7.47. The number of anilines is 1. The summed E-state index contributed by atoms with van der Waals surface area (Å²) in [6, 6.07) is 28.2. The van der Waals surface area contributed by atoms with Crippen molar-refractivity contribution in [3.8, 4) is 11.5 Å². The number of aliphatic hydroxyl groups is 1. The van der Waals surface area contributed by atoms with Crippen LogP contribution < -0.4 is 14.4 Å². The molecule has 1 N–H and O–H groups in total. The second kappa shape index (κ2) is 15.5. The highest BCUT2D eigenvalue weighted by Gasteiger charge is 2.45. The third kappa shape index (κ3) is 7.71. The van der Waals surface area contributed by atoms with E-state index < -0.39 is 23.5 Å². The van der Waals surface area contributed by atoms with Crippen LogP contribution in [0.4, 0.5) is 5.13 Å². The first kappa shape index (κ1) is 34.0. The number of fused-ring (bicyclic) bond motifs is 1. The van der Waals surface area contributed by atoms with Gasteiger partial charge >= 0.3 is 0 Å². The van der Waals surface area contributed by atoms with Crippen molar-refractivity contribution in [2.75, 3.05) is 18.1 Å². The molecule has 6 rings (SSSR count). The zero-order chi connectivity index (χ0) is 34.3. The largest absolute Gasteiger partial charge is 0.503 e. The van der Waals surface area contributed by atoms with Crippen molar-refractivity contribution in [1.82, 2.24) is 10.2 Å². The molecule has 4 aromatic carbocycles. The third-order valence-corrected chi connectivity index (χ3v) is 10.2. The predicted octanol–water partition coefficient (Wildman–Crippen LogP) is 8.99. The molecule has 10 heteroatoms. The Morgan fingerprint density at radius 2 is 1.76 bits per heavy atom. The molecule has 1 aliphatic heterocycles. The zero-order valence-electron chi connectivity index (χ0n) is 27.5. The molecule has 0 saturated carbocycles. The van der Waals surface area contributed by atoms with Crippen LogP contribution in [0, 0.1) is 5.92 Å². The molecule has 250 valence electrons. The van der Waals surface area contributed by atoms with Crippen molar-refractivity contribution >= 4 is 56.8 Å². The second-order valence-electron chi connectivity index (χ2n) is 11.9. The van der Waals surface area contributed by atoms with Crippen LogP contribution in [0.2, 0.25) is 0 Å². The van der Waals surface area contributed by atoms with E-state index in [9.17, 15) is 14.7 Å². The van der Waals surface area contributed by atoms with Crippen LogP contribution in [0.1, 0.15) is 49.9 Å². The van der Waals surface area contributed by atoms with E-state index in [4.69, 9.17) is 9.47 Å². The van der Waals surface area contributed by atoms with Gasteiger partial charge in [0.1, 0.15) is 0 Å². The Morgan fingerprint density at radius 1 is 0.980 bits per heavy atom. The molecule has 0 spiro atoms. The minimum absolute atomic E-state index is 0.0479. The number of benzene rings is 4. The molecule has 8 nitrogen and oxygen atoms in total. The Balaban J connectivity index is 1.34. The van der Waals surface area contributed by atoms with Gasteiger partial charge < -0.3 is 14.6 Å². The van der Waals surface area contributed by atoms with E-state index in [1.807, 2.05) is 55.5 Å². The maximum absolute atomic E-state index is 13.8. The summed E-state index contributed by atoms with van der Waals surface area (Å²) in [5, 5.41) is 22.6. The van der Waals surface area contributed by atoms with Crippen LogP contribution in [0.3, 0.4) is 0 Å². The first-order valence-electron chi connectivity index (χ1n) is 16.2. The van der Waals surface area contributed by atoms with Crippen molar-refractivity contribution in [3.63, 3.8) is 0 Å². The van der Waals surface area contributed by atoms with E-state index in [-0.39, 0.29) is 10.7 Å². The number of hydrogen-bond donors (Lipinski definition) is 1. The van der Waals surface area contributed by atoms with E-state index in [0.29, 0.717) is 46.3 Å². The number of hydrogen-bond acceptors (Lipinski definition) is 9. The molecule has 0 saturated heterocycles. The quantitative estimate of drug-likeness (QED) is 0.0700. The van der Waals surface area contributed by atoms with Crippen molar-refractivity contribution in [1.29, 1.82) is 0 Å². The highest BCUT2D eigenvalue weighted by Crippen LogP contribution is 2.45. The first-order valence-corrected chi connectivity index (χ1v) is 18.0. The Bertz CT molecular complexity index is 2020. The fraction of sp³-hybridized carbons (Fsp3) is 0.231. The molecular formula is C39H37N3O5S2. The minimum Gasteiger partial charge on any atom is -0.503 e. The van der Waals surface area contributed by atoms with Crippen LogP contribution in [0.15, 0.2) is 113 Å². The lowest BCUT2D eigenvalue weighted by molar-refractivity contribution is -0.117. The monoisotopic (exact) mass is 691 g/mol. The molecule has 5 aromatic rings. The SMILES string of the molecule is CCOc1cc(C2C(C(=O)/C=C/c3ccccc3)=C(O)C(=O)N2c2nnc(SCc3cccc4ccccc34)s2)ccc1OCCC(C)C. The molecule has 1 aromatic heterocycles. The molecule has 0 bridgehead atoms. The normalized spacial score (nSPS) is 14.8. The number of amides is 1. The summed E-state index contributed by atoms with van der Waals surface area (Å²) in [7, 11) is 0. The van der Waals surface area contributed by atoms with Crippen molar-refractivity contribution in [2.45, 2.75) is 43.3 Å². The standard InChI is InChI=1S/C39H37N3O5S2/c1-4-46-33-23-28(18-20-32(33)47-22-21-25(2)3)35-34(31(43)19-17-26-11-6-5-7-12-26)36(44)37(45)42(35)38-40-41-39(49-38)48-24-29-15-10-14-27-13-8-9-16-30(27)29/h5-20,23,25,35,44H,4,21-22,24H2,1-3H3/b19-17+. The Morgan fingerprint density at radius 3 is 2.55 bits per heavy atom. The van der Waals surface area contributed by atoms with E-state index >= 15 is 0 Å². The lowest BCUT2D eigenvalue weighted by Gasteiger charge is -2.24. The summed E-state index contributed by atoms with van der Waals surface area (Å²) in [6.07, 6.45) is 3.92. The number of rotatable bonds is 14. The number of ketones is 1. The topological polar surface area (TPSA) is 102 Å². The Hall–Kier alpha value is -4.93. The summed E-state index contributed by atoms with van der Waals surface area (Å²) in [6.45, 7) is 7.05. The third-order valence-electron chi connectivity index (χ3n) is 8.07. The van der Waals surface area contributed by atoms with Crippen LogP contribution in [0.25, 0.3) is 16.8 Å². The molecule has 0 fully saturated rings. The summed E-state index contributed by atoms with van der Waals surface area (Å²) in [5.74, 6) is 0.337. The van der Waals surface area contributed by atoms with Gasteiger partial charge in [0.15, 0.2) is 27.4 Å². The average Bonchev–Trinajstić information content (AvgIpc) is 3.68. The van der Waals surface area contributed by atoms with Gasteiger partial charge in [0.25, 0.3) is 5.91 Å². The van der Waals surface area contributed by atoms with Crippen LogP contribution in [-0.2, 0) is 15.3 Å². The van der Waals surface area contributed by atoms with Gasteiger partial charge in [0, 0.05) is 5.75 Å². The van der Waals surface area contributed by atoms with E-state index in [2.05, 4.69) is 48.3 Å². The van der Waals surface area contributed by atoms with E-state index in [1.165, 1.54) is 39.5 Å². The predicted molar refractivity (Wildman–Crippen MR) is 196 cm³/mol. The van der Waals surface area contributed by atoms with Gasteiger partial charge in [-0.15, -0.1) is 10.2 Å². The number of aliphatic hydroxyl groups excluding tert-OH is 1. The Kier molecular flexibility index (Phi) is 10.8. The molecule has 1 unspecified atom stereocenters. The zero-order valence-corrected chi connectivity index (χ0v) is 29.2. The number of aromatic nitrogens is 2. The molecule has 49 heavy (non-hydrogen) atoms. The summed E-state index contributed by atoms with van der Waals surface area (Å²) >= 11 is 2.75. The first-order chi connectivity index (χ1) is 23.8. The fourth-order valence-electron chi connectivity index (χ4n) is 5.60. The van der Waals surface area contributed by atoms with Gasteiger partial charge in [0.2, 0.25) is 5.13 Å². The second-order valence-corrected chi connectivity index (χ2v) is 14.1. The highest BCUT2D eigenvalue weighted by molar-refractivity contribution is 8.00. The number of thioether (sulfide) groups is 1. The van der Waals surface area contributed by atoms with Crippen molar-refractivity contribution < 1.29 is 24.2 Å². The number of nitrogens with zero attached hydrogens (tertiary/aromatic N) is 3. The van der Waals surface area contributed by atoms with Gasteiger partial charge in [-0.25, -0.2) is 0 Å². The molecule has 1 amide bonds. The van der Waals surface area contributed by atoms with Gasteiger partial charge in [-0.3, -0.25) is 14.5 Å². The number of carbonyl (C=O) groups is 2. The lowest BCUT2D eigenvalue weighted by atomic mass is 9.95. The smallest absolute Gasteiger partial charge is 0.296 e. The molecular weight excluding hydrogens is 655 g/mol. The number of carbonyl (C=O) groups excluding carboxylic acids is 2. The maximum atomic E-state index is 13.8. The molecule has 1 aliphatic rings. The van der Waals surface area contributed by atoms with Gasteiger partial charge in [-0.1, -0.05) is 122 Å². The van der Waals surface area contributed by atoms with Crippen LogP contribution >= 0.6 is 23.1 Å². The minimum atomic E-state index is -0.979. The molecule has 2 heterocycles. The van der Waals surface area contributed by atoms with Crippen LogP contribution in [0.5, 0.6) is 11.5 Å². The lowest BCUT2D eigenvalue weighted by Crippen LogP contribution is -2.31. The molecule has 0 radical (unpaired) electrons. The van der Waals surface area contributed by atoms with Gasteiger partial charge in [-0.2, -0.15) is 0 Å².